The Balaban J connectivity index is 2.72. The molecule has 0 aliphatic heterocycles. The van der Waals surface area contributed by atoms with E-state index in [1.54, 1.807) is 11.9 Å². The SMILES string of the molecule is CN(CC(N)=S)Cc1cccc(F)c1F. The van der Waals surface area contributed by atoms with Crippen molar-refractivity contribution in [2.24, 2.45) is 5.73 Å². The van der Waals surface area contributed by atoms with Crippen LogP contribution in [0.5, 0.6) is 0 Å². The monoisotopic (exact) mass is 230 g/mol. The van der Waals surface area contributed by atoms with Gasteiger partial charge in [-0.25, -0.2) is 8.78 Å². The van der Waals surface area contributed by atoms with Crippen LogP contribution in [0.4, 0.5) is 8.78 Å². The summed E-state index contributed by atoms with van der Waals surface area (Å²) >= 11 is 4.71. The molecular formula is C10H12F2N2S. The Hall–Kier alpha value is -1.07. The fourth-order valence-electron chi connectivity index (χ4n) is 1.28. The van der Waals surface area contributed by atoms with Gasteiger partial charge < -0.3 is 5.73 Å². The maximum Gasteiger partial charge on any atom is 0.163 e. The van der Waals surface area contributed by atoms with E-state index in [4.69, 9.17) is 18.0 Å². The van der Waals surface area contributed by atoms with Crippen LogP contribution in [0.25, 0.3) is 0 Å². The minimum atomic E-state index is -0.837. The molecule has 1 aromatic rings. The summed E-state index contributed by atoms with van der Waals surface area (Å²) < 4.78 is 26.1. The lowest BCUT2D eigenvalue weighted by atomic mass is 10.2. The third-order valence-electron chi connectivity index (χ3n) is 1.90. The minimum Gasteiger partial charge on any atom is -0.392 e. The van der Waals surface area contributed by atoms with Crippen LogP contribution in [0.1, 0.15) is 5.56 Å². The third kappa shape index (κ3) is 3.53. The van der Waals surface area contributed by atoms with Gasteiger partial charge in [-0.15, -0.1) is 0 Å². The number of rotatable bonds is 4. The standard InChI is InChI=1S/C10H12F2N2S/c1-14(6-9(13)15)5-7-3-2-4-8(11)10(7)12/h2-4H,5-6H2,1H3,(H2,13,15). The number of nitrogens with two attached hydrogens (primary N) is 1. The van der Waals surface area contributed by atoms with Gasteiger partial charge in [0.25, 0.3) is 0 Å². The molecule has 0 aromatic heterocycles. The first-order valence-electron chi connectivity index (χ1n) is 4.40. The number of hydrogen-bond acceptors (Lipinski definition) is 2. The zero-order valence-corrected chi connectivity index (χ0v) is 9.15. The lowest BCUT2D eigenvalue weighted by Crippen LogP contribution is -2.29. The van der Waals surface area contributed by atoms with E-state index in [0.29, 0.717) is 17.1 Å². The highest BCUT2D eigenvalue weighted by molar-refractivity contribution is 7.80. The van der Waals surface area contributed by atoms with Gasteiger partial charge in [0, 0.05) is 18.7 Å². The van der Waals surface area contributed by atoms with Crippen LogP contribution >= 0.6 is 12.2 Å². The fraction of sp³-hybridized carbons (Fsp3) is 0.300. The first-order valence-corrected chi connectivity index (χ1v) is 4.81. The van der Waals surface area contributed by atoms with E-state index in [9.17, 15) is 8.78 Å². The third-order valence-corrected chi connectivity index (χ3v) is 2.03. The Bertz CT molecular complexity index is 368. The van der Waals surface area contributed by atoms with Crippen molar-refractivity contribution in [3.05, 3.63) is 35.4 Å². The average molecular weight is 230 g/mol. The van der Waals surface area contributed by atoms with E-state index in [1.807, 2.05) is 0 Å². The smallest absolute Gasteiger partial charge is 0.163 e. The largest absolute Gasteiger partial charge is 0.392 e. The summed E-state index contributed by atoms with van der Waals surface area (Å²) in [7, 11) is 1.74. The summed E-state index contributed by atoms with van der Waals surface area (Å²) in [5.74, 6) is -1.65. The summed E-state index contributed by atoms with van der Waals surface area (Å²) in [6, 6.07) is 4.10. The summed E-state index contributed by atoms with van der Waals surface area (Å²) in [4.78, 5) is 2.05. The molecule has 0 atom stereocenters. The fourth-order valence-corrected chi connectivity index (χ4v) is 1.50. The van der Waals surface area contributed by atoms with Gasteiger partial charge in [0.15, 0.2) is 11.6 Å². The highest BCUT2D eigenvalue weighted by Crippen LogP contribution is 2.12. The maximum absolute atomic E-state index is 13.2. The van der Waals surface area contributed by atoms with Gasteiger partial charge in [-0.1, -0.05) is 24.4 Å². The Morgan fingerprint density at radius 2 is 2.13 bits per heavy atom. The van der Waals surface area contributed by atoms with Crippen molar-refractivity contribution in [3.63, 3.8) is 0 Å². The van der Waals surface area contributed by atoms with E-state index < -0.39 is 11.6 Å². The first kappa shape index (κ1) is 12.0. The lowest BCUT2D eigenvalue weighted by Gasteiger charge is -2.15. The van der Waals surface area contributed by atoms with Gasteiger partial charge >= 0.3 is 0 Å². The van der Waals surface area contributed by atoms with Crippen LogP contribution in [0.15, 0.2) is 18.2 Å². The van der Waals surface area contributed by atoms with Gasteiger partial charge in [-0.05, 0) is 13.1 Å². The van der Waals surface area contributed by atoms with Crippen molar-refractivity contribution in [3.8, 4) is 0 Å². The highest BCUT2D eigenvalue weighted by Gasteiger charge is 2.09. The highest BCUT2D eigenvalue weighted by atomic mass is 32.1. The molecule has 1 rings (SSSR count). The molecule has 0 saturated carbocycles. The predicted octanol–water partition coefficient (Wildman–Crippen LogP) is 1.68. The zero-order chi connectivity index (χ0) is 11.4. The van der Waals surface area contributed by atoms with Crippen molar-refractivity contribution >= 4 is 17.2 Å². The van der Waals surface area contributed by atoms with Crippen molar-refractivity contribution in [1.82, 2.24) is 4.90 Å². The molecule has 5 heteroatoms. The van der Waals surface area contributed by atoms with E-state index in [0.717, 1.165) is 6.07 Å². The number of nitrogens with zero attached hydrogens (tertiary/aromatic N) is 1. The molecule has 0 aliphatic carbocycles. The van der Waals surface area contributed by atoms with E-state index in [2.05, 4.69) is 0 Å². The van der Waals surface area contributed by atoms with Crippen molar-refractivity contribution in [1.29, 1.82) is 0 Å². The molecule has 0 fully saturated rings. The van der Waals surface area contributed by atoms with Crippen LogP contribution in [-0.4, -0.2) is 23.5 Å². The number of hydrogen-bond donors (Lipinski definition) is 1. The number of benzene rings is 1. The van der Waals surface area contributed by atoms with Crippen LogP contribution in [0, 0.1) is 11.6 Å². The van der Waals surface area contributed by atoms with E-state index >= 15 is 0 Å². The molecule has 0 saturated heterocycles. The molecule has 1 aromatic carbocycles. The number of thiocarbonyl (C=S) groups is 1. The quantitative estimate of drug-likeness (QED) is 0.798. The summed E-state index contributed by atoms with van der Waals surface area (Å²) in [5.41, 5.74) is 5.64. The van der Waals surface area contributed by atoms with Crippen LogP contribution < -0.4 is 5.73 Å². The summed E-state index contributed by atoms with van der Waals surface area (Å²) in [6.45, 7) is 0.659. The van der Waals surface area contributed by atoms with Crippen molar-refractivity contribution in [2.45, 2.75) is 6.54 Å². The maximum atomic E-state index is 13.2. The van der Waals surface area contributed by atoms with Crippen molar-refractivity contribution in [2.75, 3.05) is 13.6 Å². The van der Waals surface area contributed by atoms with Gasteiger partial charge in [0.2, 0.25) is 0 Å². The molecule has 0 aliphatic rings. The Kier molecular flexibility index (Phi) is 4.11. The lowest BCUT2D eigenvalue weighted by molar-refractivity contribution is 0.362. The summed E-state index contributed by atoms with van der Waals surface area (Å²) in [5, 5.41) is 0. The second-order valence-corrected chi connectivity index (χ2v) is 3.88. The van der Waals surface area contributed by atoms with E-state index in [-0.39, 0.29) is 6.54 Å². The zero-order valence-electron chi connectivity index (χ0n) is 8.34. The van der Waals surface area contributed by atoms with Gasteiger partial charge in [0.05, 0.1) is 4.99 Å². The molecule has 0 spiro atoms. The average Bonchev–Trinajstić information content (AvgIpc) is 2.11. The first-order chi connectivity index (χ1) is 7.00. The second kappa shape index (κ2) is 5.14. The molecule has 0 bridgehead atoms. The van der Waals surface area contributed by atoms with Gasteiger partial charge in [-0.2, -0.15) is 0 Å². The van der Waals surface area contributed by atoms with Crippen LogP contribution in [0.3, 0.4) is 0 Å². The normalized spacial score (nSPS) is 10.7. The Labute approximate surface area is 92.7 Å². The Morgan fingerprint density at radius 1 is 1.47 bits per heavy atom. The molecule has 2 nitrogen and oxygen atoms in total. The number of likely N-dealkylation sites (N-methyl/N-ethyl adjacent to an activating group) is 1. The molecule has 82 valence electrons. The molecule has 2 N–H and O–H groups in total. The Morgan fingerprint density at radius 3 is 2.73 bits per heavy atom. The molecule has 0 amide bonds. The minimum absolute atomic E-state index is 0.279. The van der Waals surface area contributed by atoms with Gasteiger partial charge in [0.1, 0.15) is 0 Å². The topological polar surface area (TPSA) is 29.3 Å². The molecule has 0 unspecified atom stereocenters. The second-order valence-electron chi connectivity index (χ2n) is 3.35. The predicted molar refractivity (Wildman–Crippen MR) is 59.5 cm³/mol. The van der Waals surface area contributed by atoms with Crippen molar-refractivity contribution < 1.29 is 8.78 Å². The van der Waals surface area contributed by atoms with Crippen LogP contribution in [-0.2, 0) is 6.54 Å². The van der Waals surface area contributed by atoms with E-state index in [1.165, 1.54) is 12.1 Å². The molecule has 0 radical (unpaired) electrons. The molecule has 15 heavy (non-hydrogen) atoms. The summed E-state index contributed by atoms with van der Waals surface area (Å²) in [6.07, 6.45) is 0. The number of halogens is 2. The van der Waals surface area contributed by atoms with Gasteiger partial charge in [-0.3, -0.25) is 4.90 Å². The molecular weight excluding hydrogens is 218 g/mol. The van der Waals surface area contributed by atoms with Crippen LogP contribution in [0.2, 0.25) is 0 Å². The molecule has 0 heterocycles.